The second kappa shape index (κ2) is 6.75. The van der Waals surface area contributed by atoms with Crippen LogP contribution in [0.2, 0.25) is 0 Å². The highest BCUT2D eigenvalue weighted by Crippen LogP contribution is 2.41. The Morgan fingerprint density at radius 2 is 1.67 bits per heavy atom. The van der Waals surface area contributed by atoms with Gasteiger partial charge in [-0.15, -0.1) is 0 Å². The van der Waals surface area contributed by atoms with E-state index < -0.39 is 5.51 Å². The summed E-state index contributed by atoms with van der Waals surface area (Å²) in [6.45, 7) is 1.91. The van der Waals surface area contributed by atoms with Crippen LogP contribution < -0.4 is 5.32 Å². The van der Waals surface area contributed by atoms with E-state index in [-0.39, 0.29) is 22.7 Å². The molecule has 1 atom stereocenters. The van der Waals surface area contributed by atoms with Crippen LogP contribution in [-0.2, 0) is 0 Å². The van der Waals surface area contributed by atoms with Gasteiger partial charge < -0.3 is 5.32 Å². The number of thioether (sulfide) groups is 1. The highest BCUT2D eigenvalue weighted by Gasteiger charge is 2.30. The molecule has 0 heterocycles. The van der Waals surface area contributed by atoms with Crippen molar-refractivity contribution in [3.05, 3.63) is 58.6 Å². The van der Waals surface area contributed by atoms with Gasteiger partial charge in [0.1, 0.15) is 0 Å². The Morgan fingerprint density at radius 1 is 1.05 bits per heavy atom. The number of halogens is 4. The molecule has 0 aliphatic rings. The lowest BCUT2D eigenvalue weighted by Gasteiger charge is -2.19. The van der Waals surface area contributed by atoms with Crippen LogP contribution in [0.1, 0.15) is 18.5 Å². The number of hydrogen-bond acceptors (Lipinski definition) is 2. The van der Waals surface area contributed by atoms with E-state index in [1.54, 1.807) is 18.2 Å². The van der Waals surface area contributed by atoms with Gasteiger partial charge in [0.25, 0.3) is 0 Å². The van der Waals surface area contributed by atoms with E-state index >= 15 is 0 Å². The summed E-state index contributed by atoms with van der Waals surface area (Å²) in [5.41, 5.74) is -2.83. The number of nitrogens with one attached hydrogen (secondary N) is 1. The molecule has 0 bridgehead atoms. The first-order valence-corrected chi connectivity index (χ1v) is 7.83. The molecule has 6 heteroatoms. The predicted molar refractivity (Wildman–Crippen MR) is 84.5 cm³/mol. The van der Waals surface area contributed by atoms with Crippen molar-refractivity contribution in [1.82, 2.24) is 0 Å². The van der Waals surface area contributed by atoms with E-state index in [1.165, 1.54) is 6.07 Å². The molecule has 0 aromatic heterocycles. The monoisotopic (exact) mass is 375 g/mol. The van der Waals surface area contributed by atoms with Gasteiger partial charge in [-0.1, -0.05) is 46.3 Å². The molecule has 0 fully saturated rings. The van der Waals surface area contributed by atoms with Gasteiger partial charge in [-0.25, -0.2) is 0 Å². The SMILES string of the molecule is CC(Nc1ccccc1SC(F)(F)F)c1ccccc1Br. The highest BCUT2D eigenvalue weighted by molar-refractivity contribution is 9.10. The van der Waals surface area contributed by atoms with Crippen LogP contribution in [0.3, 0.4) is 0 Å². The largest absolute Gasteiger partial charge is 0.446 e. The summed E-state index contributed by atoms with van der Waals surface area (Å²) < 4.78 is 38.6. The van der Waals surface area contributed by atoms with Crippen LogP contribution >= 0.6 is 27.7 Å². The summed E-state index contributed by atoms with van der Waals surface area (Å²) >= 11 is 3.35. The first kappa shape index (κ1) is 16.2. The zero-order valence-corrected chi connectivity index (χ0v) is 13.5. The van der Waals surface area contributed by atoms with E-state index in [4.69, 9.17) is 0 Å². The molecule has 2 rings (SSSR count). The minimum absolute atomic E-state index is 0.105. The van der Waals surface area contributed by atoms with Crippen molar-refractivity contribution in [3.63, 3.8) is 0 Å². The lowest BCUT2D eigenvalue weighted by molar-refractivity contribution is -0.0327. The number of benzene rings is 2. The van der Waals surface area contributed by atoms with Crippen LogP contribution in [0.25, 0.3) is 0 Å². The topological polar surface area (TPSA) is 12.0 Å². The Morgan fingerprint density at radius 3 is 2.33 bits per heavy atom. The van der Waals surface area contributed by atoms with Crippen molar-refractivity contribution < 1.29 is 13.2 Å². The van der Waals surface area contributed by atoms with Crippen molar-refractivity contribution in [2.75, 3.05) is 5.32 Å². The minimum Gasteiger partial charge on any atom is -0.378 e. The third kappa shape index (κ3) is 4.68. The molecule has 1 nitrogen and oxygen atoms in total. The summed E-state index contributed by atoms with van der Waals surface area (Å²) in [7, 11) is 0. The van der Waals surface area contributed by atoms with Gasteiger partial charge in [-0.2, -0.15) is 13.2 Å². The maximum Gasteiger partial charge on any atom is 0.446 e. The highest BCUT2D eigenvalue weighted by atomic mass is 79.9. The lowest BCUT2D eigenvalue weighted by Crippen LogP contribution is -2.09. The molecule has 1 N–H and O–H groups in total. The minimum atomic E-state index is -4.30. The summed E-state index contributed by atoms with van der Waals surface area (Å²) in [6, 6.07) is 14.0. The van der Waals surface area contributed by atoms with Crippen molar-refractivity contribution in [2.45, 2.75) is 23.4 Å². The third-order valence-corrected chi connectivity index (χ3v) is 4.39. The predicted octanol–water partition coefficient (Wildman–Crippen LogP) is 6.23. The molecule has 0 saturated carbocycles. The molecule has 2 aromatic rings. The molecular formula is C15H13BrF3NS. The smallest absolute Gasteiger partial charge is 0.378 e. The molecule has 0 aliphatic carbocycles. The Balaban J connectivity index is 2.22. The maximum atomic E-state index is 12.6. The van der Waals surface area contributed by atoms with Crippen LogP contribution in [0.15, 0.2) is 57.9 Å². The fraction of sp³-hybridized carbons (Fsp3) is 0.200. The van der Waals surface area contributed by atoms with E-state index in [9.17, 15) is 13.2 Å². The van der Waals surface area contributed by atoms with Gasteiger partial charge in [0.2, 0.25) is 0 Å². The first-order valence-electron chi connectivity index (χ1n) is 6.22. The molecule has 0 aliphatic heterocycles. The van der Waals surface area contributed by atoms with E-state index in [2.05, 4.69) is 21.2 Å². The third-order valence-electron chi connectivity index (χ3n) is 2.86. The number of rotatable bonds is 4. The average Bonchev–Trinajstić information content (AvgIpc) is 2.40. The molecule has 0 spiro atoms. The zero-order chi connectivity index (χ0) is 15.5. The summed E-state index contributed by atoms with van der Waals surface area (Å²) in [6.07, 6.45) is 0. The quantitative estimate of drug-likeness (QED) is 0.635. The number of anilines is 1. The molecular weight excluding hydrogens is 363 g/mol. The molecule has 21 heavy (non-hydrogen) atoms. The lowest BCUT2D eigenvalue weighted by atomic mass is 10.1. The van der Waals surface area contributed by atoms with Crippen molar-refractivity contribution >= 4 is 33.4 Å². The van der Waals surface area contributed by atoms with Crippen LogP contribution in [-0.4, -0.2) is 5.51 Å². The second-order valence-electron chi connectivity index (χ2n) is 4.43. The summed E-state index contributed by atoms with van der Waals surface area (Å²) in [5.74, 6) is 0. The van der Waals surface area contributed by atoms with Gasteiger partial charge in [0.05, 0.1) is 0 Å². The molecule has 0 saturated heterocycles. The Labute approximate surface area is 134 Å². The first-order chi connectivity index (χ1) is 9.87. The Hall–Kier alpha value is -1.14. The van der Waals surface area contributed by atoms with E-state index in [1.807, 2.05) is 31.2 Å². The second-order valence-corrected chi connectivity index (χ2v) is 6.39. The normalized spacial score (nSPS) is 13.0. The fourth-order valence-corrected chi connectivity index (χ4v) is 3.20. The van der Waals surface area contributed by atoms with Crippen molar-refractivity contribution in [2.24, 2.45) is 0 Å². The average molecular weight is 376 g/mol. The number of alkyl halides is 3. The Kier molecular flexibility index (Phi) is 5.22. The van der Waals surface area contributed by atoms with Gasteiger partial charge in [0, 0.05) is 21.1 Å². The van der Waals surface area contributed by atoms with Gasteiger partial charge in [-0.3, -0.25) is 0 Å². The van der Waals surface area contributed by atoms with Crippen molar-refractivity contribution in [3.8, 4) is 0 Å². The maximum absolute atomic E-state index is 12.6. The molecule has 112 valence electrons. The summed E-state index contributed by atoms with van der Waals surface area (Å²) in [5, 5.41) is 3.14. The van der Waals surface area contributed by atoms with Crippen LogP contribution in [0, 0.1) is 0 Å². The number of para-hydroxylation sites is 1. The molecule has 0 amide bonds. The van der Waals surface area contributed by atoms with E-state index in [0.29, 0.717) is 5.69 Å². The Bertz CT molecular complexity index is 616. The molecule has 2 aromatic carbocycles. The van der Waals surface area contributed by atoms with Crippen LogP contribution in [0.4, 0.5) is 18.9 Å². The van der Waals surface area contributed by atoms with Crippen LogP contribution in [0.5, 0.6) is 0 Å². The fourth-order valence-electron chi connectivity index (χ4n) is 1.94. The van der Waals surface area contributed by atoms with E-state index in [0.717, 1.165) is 10.0 Å². The molecule has 0 radical (unpaired) electrons. The van der Waals surface area contributed by atoms with Gasteiger partial charge >= 0.3 is 5.51 Å². The van der Waals surface area contributed by atoms with Gasteiger partial charge in [0.15, 0.2) is 0 Å². The van der Waals surface area contributed by atoms with Crippen molar-refractivity contribution in [1.29, 1.82) is 0 Å². The standard InChI is InChI=1S/C15H13BrF3NS/c1-10(11-6-2-3-7-12(11)16)20-13-8-4-5-9-14(13)21-15(17,18)19/h2-10,20H,1H3. The molecule has 1 unspecified atom stereocenters. The number of hydrogen-bond donors (Lipinski definition) is 1. The summed E-state index contributed by atoms with van der Waals surface area (Å²) in [4.78, 5) is 0.170. The zero-order valence-electron chi connectivity index (χ0n) is 11.1. The van der Waals surface area contributed by atoms with Gasteiger partial charge in [-0.05, 0) is 42.4 Å².